The number of hydrogen-bond acceptors (Lipinski definition) is 5. The van der Waals surface area contributed by atoms with Gasteiger partial charge in [-0.15, -0.1) is 0 Å². The number of nitrogens with zero attached hydrogens (tertiary/aromatic N) is 2. The van der Waals surface area contributed by atoms with Crippen LogP contribution in [0.5, 0.6) is 0 Å². The maximum atomic E-state index is 4.74. The van der Waals surface area contributed by atoms with Gasteiger partial charge in [-0.25, -0.2) is 9.97 Å². The van der Waals surface area contributed by atoms with E-state index in [1.165, 1.54) is 18.6 Å². The van der Waals surface area contributed by atoms with Crippen molar-refractivity contribution in [3.05, 3.63) is 11.4 Å². The van der Waals surface area contributed by atoms with Crippen LogP contribution in [-0.2, 0) is 5.41 Å². The average molecular weight is 294 g/mol. The Kier molecular flexibility index (Phi) is 4.78. The molecule has 1 aliphatic heterocycles. The largest absolute Gasteiger partial charge is 0.373 e. The zero-order chi connectivity index (χ0) is 14.8. The van der Waals surface area contributed by atoms with E-state index in [2.05, 4.69) is 55.1 Å². The molecule has 1 aromatic heterocycles. The normalized spacial score (nSPS) is 19.1. The van der Waals surface area contributed by atoms with Gasteiger partial charge in [-0.3, -0.25) is 0 Å². The third-order valence-electron chi connectivity index (χ3n) is 3.57. The highest BCUT2D eigenvalue weighted by Crippen LogP contribution is 2.29. The molecule has 1 fully saturated rings. The summed E-state index contributed by atoms with van der Waals surface area (Å²) in [5.74, 6) is 4.08. The van der Waals surface area contributed by atoms with Crippen LogP contribution >= 0.6 is 11.8 Å². The summed E-state index contributed by atoms with van der Waals surface area (Å²) in [5, 5.41) is 7.43. The molecule has 112 valence electrons. The molecule has 1 unspecified atom stereocenters. The Hall–Kier alpha value is -0.970. The molecule has 1 saturated heterocycles. The van der Waals surface area contributed by atoms with Gasteiger partial charge in [-0.1, -0.05) is 20.8 Å². The average Bonchev–Trinajstić information content (AvgIpc) is 2.89. The number of thioether (sulfide) groups is 1. The number of hydrogen-bond donors (Lipinski definition) is 2. The van der Waals surface area contributed by atoms with Gasteiger partial charge in [0.1, 0.15) is 17.5 Å². The second-order valence-electron chi connectivity index (χ2n) is 6.39. The van der Waals surface area contributed by atoms with Crippen LogP contribution in [0.3, 0.4) is 0 Å². The Morgan fingerprint density at radius 2 is 1.95 bits per heavy atom. The van der Waals surface area contributed by atoms with Crippen molar-refractivity contribution in [2.45, 2.75) is 51.2 Å². The molecule has 2 N–H and O–H groups in total. The van der Waals surface area contributed by atoms with Crippen molar-refractivity contribution in [1.82, 2.24) is 9.97 Å². The van der Waals surface area contributed by atoms with Crippen molar-refractivity contribution < 1.29 is 0 Å². The lowest BCUT2D eigenvalue weighted by molar-refractivity contribution is 0.546. The van der Waals surface area contributed by atoms with Crippen LogP contribution in [0.1, 0.15) is 45.0 Å². The predicted octanol–water partition coefficient (Wildman–Crippen LogP) is 3.43. The van der Waals surface area contributed by atoms with Crippen molar-refractivity contribution >= 4 is 23.4 Å². The summed E-state index contributed by atoms with van der Waals surface area (Å²) in [6, 6.07) is 0. The number of aromatic nitrogens is 2. The van der Waals surface area contributed by atoms with Crippen LogP contribution in [0.25, 0.3) is 0 Å². The zero-order valence-electron chi connectivity index (χ0n) is 13.2. The van der Waals surface area contributed by atoms with Gasteiger partial charge in [-0.05, 0) is 25.5 Å². The van der Waals surface area contributed by atoms with Gasteiger partial charge in [0.15, 0.2) is 0 Å². The summed E-state index contributed by atoms with van der Waals surface area (Å²) in [4.78, 5) is 9.38. The molecular formula is C15H26N4S. The summed E-state index contributed by atoms with van der Waals surface area (Å²) >= 11 is 2.07. The van der Waals surface area contributed by atoms with Crippen LogP contribution < -0.4 is 10.6 Å². The van der Waals surface area contributed by atoms with Crippen LogP contribution in [0, 0.1) is 6.92 Å². The van der Waals surface area contributed by atoms with E-state index in [-0.39, 0.29) is 5.41 Å². The van der Waals surface area contributed by atoms with E-state index in [1.54, 1.807) is 0 Å². The van der Waals surface area contributed by atoms with Gasteiger partial charge in [0.05, 0.1) is 0 Å². The fourth-order valence-electron chi connectivity index (χ4n) is 2.28. The Morgan fingerprint density at radius 1 is 1.25 bits per heavy atom. The zero-order valence-corrected chi connectivity index (χ0v) is 14.0. The molecule has 1 atom stereocenters. The lowest BCUT2D eigenvalue weighted by Crippen LogP contribution is -2.21. The Morgan fingerprint density at radius 3 is 2.50 bits per heavy atom. The second kappa shape index (κ2) is 6.20. The van der Waals surface area contributed by atoms with Gasteiger partial charge in [0, 0.05) is 29.8 Å². The molecule has 0 bridgehead atoms. The summed E-state index contributed by atoms with van der Waals surface area (Å²) in [7, 11) is 1.92. The van der Waals surface area contributed by atoms with Crippen molar-refractivity contribution in [3.8, 4) is 0 Å². The van der Waals surface area contributed by atoms with E-state index in [0.29, 0.717) is 0 Å². The fraction of sp³-hybridized carbons (Fsp3) is 0.733. The summed E-state index contributed by atoms with van der Waals surface area (Å²) in [5.41, 5.74) is 1.06. The highest BCUT2D eigenvalue weighted by atomic mass is 32.2. The minimum absolute atomic E-state index is 0.0438. The lowest BCUT2D eigenvalue weighted by Gasteiger charge is -2.21. The van der Waals surface area contributed by atoms with E-state index in [0.717, 1.165) is 34.8 Å². The van der Waals surface area contributed by atoms with Gasteiger partial charge in [0.2, 0.25) is 0 Å². The molecule has 5 heteroatoms. The minimum Gasteiger partial charge on any atom is -0.373 e. The molecule has 0 aliphatic carbocycles. The van der Waals surface area contributed by atoms with Gasteiger partial charge < -0.3 is 10.6 Å². The molecule has 0 amide bonds. The maximum Gasteiger partial charge on any atom is 0.138 e. The predicted molar refractivity (Wildman–Crippen MR) is 89.0 cm³/mol. The molecule has 0 aromatic carbocycles. The van der Waals surface area contributed by atoms with Crippen molar-refractivity contribution in [2.75, 3.05) is 30.0 Å². The second-order valence-corrected chi connectivity index (χ2v) is 7.79. The molecule has 2 rings (SSSR count). The summed E-state index contributed by atoms with van der Waals surface area (Å²) in [6.45, 7) is 9.51. The van der Waals surface area contributed by atoms with Crippen LogP contribution in [0.2, 0.25) is 0 Å². The quantitative estimate of drug-likeness (QED) is 0.891. The van der Waals surface area contributed by atoms with Crippen molar-refractivity contribution in [3.63, 3.8) is 0 Å². The first-order chi connectivity index (χ1) is 9.41. The van der Waals surface area contributed by atoms with E-state index in [9.17, 15) is 0 Å². The summed E-state index contributed by atoms with van der Waals surface area (Å²) in [6.07, 6.45) is 2.65. The van der Waals surface area contributed by atoms with E-state index >= 15 is 0 Å². The Bertz CT molecular complexity index is 462. The monoisotopic (exact) mass is 294 g/mol. The van der Waals surface area contributed by atoms with Crippen LogP contribution in [0.4, 0.5) is 11.6 Å². The van der Waals surface area contributed by atoms with Crippen molar-refractivity contribution in [1.29, 1.82) is 0 Å². The standard InChI is InChI=1S/C15H26N4S/c1-10-12(16-5)18-14(15(2,3)4)19-13(10)17-9-11-7-6-8-20-11/h11H,6-9H2,1-5H3,(H2,16,17,18,19). The van der Waals surface area contributed by atoms with E-state index in [1.807, 2.05) is 7.05 Å². The Balaban J connectivity index is 2.21. The van der Waals surface area contributed by atoms with E-state index < -0.39 is 0 Å². The molecule has 20 heavy (non-hydrogen) atoms. The number of anilines is 2. The van der Waals surface area contributed by atoms with Crippen LogP contribution in [-0.4, -0.2) is 34.6 Å². The van der Waals surface area contributed by atoms with E-state index in [4.69, 9.17) is 4.98 Å². The first kappa shape index (κ1) is 15.4. The highest BCUT2D eigenvalue weighted by molar-refractivity contribution is 8.00. The fourth-order valence-corrected chi connectivity index (χ4v) is 3.48. The highest BCUT2D eigenvalue weighted by Gasteiger charge is 2.22. The van der Waals surface area contributed by atoms with Crippen molar-refractivity contribution in [2.24, 2.45) is 0 Å². The minimum atomic E-state index is -0.0438. The molecule has 0 radical (unpaired) electrons. The molecule has 2 heterocycles. The molecule has 0 saturated carbocycles. The SMILES string of the molecule is CNc1nc(C(C)(C)C)nc(NCC2CCCS2)c1C. The smallest absolute Gasteiger partial charge is 0.138 e. The van der Waals surface area contributed by atoms with Gasteiger partial charge in [-0.2, -0.15) is 11.8 Å². The topological polar surface area (TPSA) is 49.8 Å². The first-order valence-corrected chi connectivity index (χ1v) is 8.39. The maximum absolute atomic E-state index is 4.74. The lowest BCUT2D eigenvalue weighted by atomic mass is 9.95. The Labute approximate surface area is 126 Å². The molecule has 1 aromatic rings. The number of nitrogens with one attached hydrogen (secondary N) is 2. The third-order valence-corrected chi connectivity index (χ3v) is 4.97. The molecule has 0 spiro atoms. The van der Waals surface area contributed by atoms with Gasteiger partial charge >= 0.3 is 0 Å². The van der Waals surface area contributed by atoms with Gasteiger partial charge in [0.25, 0.3) is 0 Å². The van der Waals surface area contributed by atoms with Crippen LogP contribution in [0.15, 0.2) is 0 Å². The first-order valence-electron chi connectivity index (χ1n) is 7.34. The molecule has 4 nitrogen and oxygen atoms in total. The molecular weight excluding hydrogens is 268 g/mol. The number of rotatable bonds is 4. The third kappa shape index (κ3) is 3.57. The molecule has 1 aliphatic rings. The summed E-state index contributed by atoms with van der Waals surface area (Å²) < 4.78 is 0.